The summed E-state index contributed by atoms with van der Waals surface area (Å²) in [5.74, 6) is -4.85. The van der Waals surface area contributed by atoms with Gasteiger partial charge in [-0.2, -0.15) is 0 Å². The molecule has 4 fully saturated rings. The van der Waals surface area contributed by atoms with Crippen molar-refractivity contribution in [3.8, 4) is 0 Å². The van der Waals surface area contributed by atoms with Crippen LogP contribution in [-0.4, -0.2) is 227 Å². The van der Waals surface area contributed by atoms with Crippen molar-refractivity contribution in [2.75, 3.05) is 39.5 Å². The molecule has 0 spiro atoms. The molecule has 3 amide bonds. The van der Waals surface area contributed by atoms with Gasteiger partial charge in [-0.25, -0.2) is 21.6 Å². The molecule has 1 aromatic rings. The van der Waals surface area contributed by atoms with Crippen LogP contribution in [0.4, 0.5) is 0 Å². The van der Waals surface area contributed by atoms with E-state index in [-0.39, 0.29) is 133 Å². The molecular formula is C42H67N6Na3O27S3. The van der Waals surface area contributed by atoms with Gasteiger partial charge in [0.15, 0.2) is 24.4 Å². The summed E-state index contributed by atoms with van der Waals surface area (Å²) in [6, 6.07) is -1.42. The normalized spacial score (nSPS) is 29.4. The number of aromatic nitrogens is 3. The largest absolute Gasteiger partial charge is 1.00 e. The van der Waals surface area contributed by atoms with Crippen molar-refractivity contribution in [1.82, 2.24) is 30.9 Å². The van der Waals surface area contributed by atoms with E-state index >= 15 is 0 Å². The average molecular weight is 1250 g/mol. The van der Waals surface area contributed by atoms with E-state index in [0.29, 0.717) is 6.42 Å². The number of hydrogen-bond acceptors (Lipinski definition) is 28. The fourth-order valence-corrected chi connectivity index (χ4v) is 10.4. The van der Waals surface area contributed by atoms with Crippen LogP contribution in [0.1, 0.15) is 89.0 Å². The van der Waals surface area contributed by atoms with E-state index < -0.39 is 185 Å². The first kappa shape index (κ1) is 78.0. The first-order valence-corrected chi connectivity index (χ1v) is 28.3. The molecule has 0 radical (unpaired) electrons. The number of carboxylic acids is 1. The van der Waals surface area contributed by atoms with Crippen molar-refractivity contribution >= 4 is 55.1 Å². The van der Waals surface area contributed by atoms with Crippen LogP contribution >= 0.6 is 0 Å². The van der Waals surface area contributed by atoms with Crippen LogP contribution in [0.3, 0.4) is 0 Å². The maximum absolute atomic E-state index is 14.0. The monoisotopic (exact) mass is 1250 g/mol. The predicted octanol–water partition coefficient (Wildman–Crippen LogP) is -15.1. The molecule has 0 aromatic carbocycles. The van der Waals surface area contributed by atoms with Crippen molar-refractivity contribution in [2.24, 2.45) is 23.2 Å². The van der Waals surface area contributed by atoms with Gasteiger partial charge in [-0.1, -0.05) is 50.7 Å². The Bertz CT molecular complexity index is 2450. The van der Waals surface area contributed by atoms with Gasteiger partial charge in [0.05, 0.1) is 50.9 Å². The molecule has 9 N–H and O–H groups in total. The summed E-state index contributed by atoms with van der Waals surface area (Å²) in [6.45, 7) is -1.37. The van der Waals surface area contributed by atoms with Crippen molar-refractivity contribution in [3.05, 3.63) is 11.9 Å². The molecule has 33 nitrogen and oxygen atoms in total. The van der Waals surface area contributed by atoms with E-state index in [0.717, 1.165) is 49.9 Å². The zero-order valence-corrected chi connectivity index (χ0v) is 53.9. The third-order valence-corrected chi connectivity index (χ3v) is 14.4. The Morgan fingerprint density at radius 3 is 1.99 bits per heavy atom. The molecule has 5 rings (SSSR count). The number of nitrogens with one attached hydrogen (secondary N) is 3. The van der Waals surface area contributed by atoms with E-state index in [4.69, 9.17) is 36.3 Å². The first-order chi connectivity index (χ1) is 36.5. The van der Waals surface area contributed by atoms with Gasteiger partial charge in [0.25, 0.3) is 5.91 Å². The SMILES string of the molecule is CCC1CC(C(=O)NCCNC(=O)c2cn(CC(C[O-])(COS(=O)(=O)[O-])COS(=O)(=O)[O-])nn2)C[C@@H](O[C@@H]2O[C@@H](CO)[C@H](O)C(OC(CC3CCCCC3)C(=O)O)C2NC(C)=O)[C@@H]1O[C@@H]1OC(C)[C@@H](O)[C@H](O)C1O.O=S(=O)=O.[Na+].[Na+].[Na+]. The zero-order chi connectivity index (χ0) is 58.3. The minimum absolute atomic E-state index is 0. The molecule has 4 aliphatic rings. The topological polar surface area (TPSA) is 510 Å². The standard InChI is InChI=1S/C42H69N6O24S2.3Na.O3S/c1-4-24-13-25(37(56)43-10-11-44-38(57)26-15-48(47-46-26)17-42(18-50,19-66-73(60,61)62)20-67-74(63,64)65)14-27(35(24)72-41-34(55)33(54)31(52)21(2)68-41)70-40-30(45-22(3)51)36(32(53)29(16-49)71-40)69-28(39(58)59)12-23-8-6-5-7-9-23;;;;1-4(2)3/h15,21,23-25,27-36,40-41,49,52-55H,4-14,16-20H2,1-3H3,(H,43,56)(H,44,57)(H,45,51)(H,58,59)(H,60,61,62)(H,63,64,65);;;;/q-1;3*+1;/p-2/t21?,24?,25?,27-,28?,29+,30?,31-,32+,33+,34?,35-,36?,40-,41+;;;;/m1..../s1. The van der Waals surface area contributed by atoms with Crippen molar-refractivity contribution in [1.29, 1.82) is 0 Å². The van der Waals surface area contributed by atoms with Crippen molar-refractivity contribution in [3.63, 3.8) is 0 Å². The number of ether oxygens (including phenoxy) is 5. The second-order valence-corrected chi connectivity index (χ2v) is 22.0. The summed E-state index contributed by atoms with van der Waals surface area (Å²) < 4.78 is 132. The summed E-state index contributed by atoms with van der Waals surface area (Å²) in [5.41, 5.74) is -2.56. The van der Waals surface area contributed by atoms with Gasteiger partial charge in [0, 0.05) is 31.3 Å². The number of rotatable bonds is 26. The maximum atomic E-state index is 14.0. The number of carboxylic acid groups (broad SMARTS) is 1. The number of aliphatic hydroxyl groups is 5. The Morgan fingerprint density at radius 1 is 0.864 bits per heavy atom. The Kier molecular flexibility index (Phi) is 34.9. The summed E-state index contributed by atoms with van der Waals surface area (Å²) >= 11 is 0. The van der Waals surface area contributed by atoms with Gasteiger partial charge in [0.1, 0.15) is 42.7 Å². The van der Waals surface area contributed by atoms with E-state index in [2.05, 4.69) is 34.6 Å². The van der Waals surface area contributed by atoms with Crippen LogP contribution in [0, 0.1) is 23.2 Å². The first-order valence-electron chi connectivity index (χ1n) is 24.6. The van der Waals surface area contributed by atoms with E-state index in [1.165, 1.54) is 6.92 Å². The molecule has 39 heteroatoms. The zero-order valence-electron chi connectivity index (χ0n) is 45.5. The minimum atomic E-state index is -5.40. The molecule has 2 aliphatic heterocycles. The predicted molar refractivity (Wildman–Crippen MR) is 249 cm³/mol. The van der Waals surface area contributed by atoms with Gasteiger partial charge < -0.3 is 84.5 Å². The van der Waals surface area contributed by atoms with Crippen LogP contribution in [0.15, 0.2) is 6.20 Å². The average Bonchev–Trinajstić information content (AvgIpc) is 3.84. The third kappa shape index (κ3) is 24.9. The molecule has 3 heterocycles. The number of carbonyl (C=O) groups is 4. The van der Waals surface area contributed by atoms with E-state index in [9.17, 15) is 80.9 Å². The molecule has 7 unspecified atom stereocenters. The van der Waals surface area contributed by atoms with Crippen LogP contribution in [0.2, 0.25) is 0 Å². The maximum Gasteiger partial charge on any atom is 1.00 e. The fraction of sp³-hybridized carbons (Fsp3) is 0.857. The second-order valence-electron chi connectivity index (χ2n) is 19.4. The summed E-state index contributed by atoms with van der Waals surface area (Å²) in [7, 11) is -13.9. The summed E-state index contributed by atoms with van der Waals surface area (Å²) in [6.07, 6.45) is -11.8. The Morgan fingerprint density at radius 2 is 1.46 bits per heavy atom. The Balaban J connectivity index is 0.00000453. The number of amides is 3. The number of carbonyl (C=O) groups excluding carboxylic acids is 3. The minimum Gasteiger partial charge on any atom is -0.854 e. The number of aliphatic carboxylic acids is 1. The molecule has 2 saturated carbocycles. The Labute approximate surface area is 534 Å². The number of hydrogen-bond donors (Lipinski definition) is 9. The van der Waals surface area contributed by atoms with Crippen LogP contribution in [0.25, 0.3) is 0 Å². The van der Waals surface area contributed by atoms with E-state index in [1.54, 1.807) is 6.92 Å². The van der Waals surface area contributed by atoms with Crippen LogP contribution in [0.5, 0.6) is 0 Å². The van der Waals surface area contributed by atoms with Gasteiger partial charge in [0.2, 0.25) is 32.6 Å². The summed E-state index contributed by atoms with van der Waals surface area (Å²) in [4.78, 5) is 52.4. The molecular weight excluding hydrogens is 1190 g/mol. The van der Waals surface area contributed by atoms with Gasteiger partial charge in [-0.15, -0.1) is 24.3 Å². The number of nitrogens with zero attached hydrogens (tertiary/aromatic N) is 3. The van der Waals surface area contributed by atoms with Gasteiger partial charge >= 0.3 is 105 Å². The van der Waals surface area contributed by atoms with Crippen LogP contribution < -0.4 is 110 Å². The molecule has 448 valence electrons. The molecule has 81 heavy (non-hydrogen) atoms. The molecule has 2 saturated heterocycles. The quantitative estimate of drug-likeness (QED) is 0.0180. The Hall–Kier alpha value is -1.06. The molecule has 15 atom stereocenters. The van der Waals surface area contributed by atoms with Gasteiger partial charge in [-0.05, 0) is 38.0 Å². The fourth-order valence-electron chi connectivity index (χ4n) is 9.65. The second kappa shape index (κ2) is 36.3. The van der Waals surface area contributed by atoms with Crippen molar-refractivity contribution < 1.29 is 214 Å². The van der Waals surface area contributed by atoms with Crippen LogP contribution in [-0.2, 0) is 84.4 Å². The van der Waals surface area contributed by atoms with Gasteiger partial charge in [-0.3, -0.25) is 27.4 Å². The molecule has 0 bridgehead atoms. The molecule has 2 aliphatic carbocycles. The van der Waals surface area contributed by atoms with E-state index in [1.807, 2.05) is 0 Å². The third-order valence-electron chi connectivity index (χ3n) is 13.6. The summed E-state index contributed by atoms with van der Waals surface area (Å²) in [5, 5.41) is 91.5. The number of aliphatic hydroxyl groups excluding tert-OH is 5. The smallest absolute Gasteiger partial charge is 0.854 e. The van der Waals surface area contributed by atoms with Crippen molar-refractivity contribution in [2.45, 2.75) is 165 Å². The molecule has 1 aromatic heterocycles.